The standard InChI is InChI=1S/C15H24/c1-7-12-8-9-13(11(2)3)14(10-12)15(4,5)6/h8-11H,7H2,1-6H3. The van der Waals surface area contributed by atoms with Crippen LogP contribution in [-0.2, 0) is 11.8 Å². The molecule has 0 heteroatoms. The minimum absolute atomic E-state index is 0.255. The fourth-order valence-electron chi connectivity index (χ4n) is 1.98. The molecule has 0 amide bonds. The summed E-state index contributed by atoms with van der Waals surface area (Å²) in [6.45, 7) is 13.7. The van der Waals surface area contributed by atoms with Gasteiger partial charge >= 0.3 is 0 Å². The molecule has 15 heavy (non-hydrogen) atoms. The lowest BCUT2D eigenvalue weighted by atomic mass is 9.80. The fourth-order valence-corrected chi connectivity index (χ4v) is 1.98. The summed E-state index contributed by atoms with van der Waals surface area (Å²) in [5, 5.41) is 0. The summed E-state index contributed by atoms with van der Waals surface area (Å²) in [6.07, 6.45) is 1.13. The van der Waals surface area contributed by atoms with Crippen LogP contribution < -0.4 is 0 Å². The first kappa shape index (κ1) is 12.3. The first-order valence-corrected chi connectivity index (χ1v) is 5.99. The van der Waals surface area contributed by atoms with E-state index in [1.165, 1.54) is 16.7 Å². The molecule has 84 valence electrons. The summed E-state index contributed by atoms with van der Waals surface area (Å²) in [7, 11) is 0. The highest BCUT2D eigenvalue weighted by Crippen LogP contribution is 2.31. The Morgan fingerprint density at radius 2 is 1.73 bits per heavy atom. The zero-order valence-electron chi connectivity index (χ0n) is 11.0. The highest BCUT2D eigenvalue weighted by atomic mass is 14.2. The van der Waals surface area contributed by atoms with Gasteiger partial charge < -0.3 is 0 Å². The Hall–Kier alpha value is -0.780. The molecule has 0 aliphatic carbocycles. The van der Waals surface area contributed by atoms with Gasteiger partial charge in [-0.1, -0.05) is 59.7 Å². The van der Waals surface area contributed by atoms with Crippen molar-refractivity contribution in [2.45, 2.75) is 59.3 Å². The van der Waals surface area contributed by atoms with Crippen LogP contribution in [0.3, 0.4) is 0 Å². The van der Waals surface area contributed by atoms with Gasteiger partial charge in [0.15, 0.2) is 0 Å². The molecule has 1 aromatic carbocycles. The van der Waals surface area contributed by atoms with Gasteiger partial charge in [0.1, 0.15) is 0 Å². The first-order valence-electron chi connectivity index (χ1n) is 5.99. The molecule has 0 unspecified atom stereocenters. The molecule has 0 radical (unpaired) electrons. The molecular formula is C15H24. The molecule has 0 saturated heterocycles. The number of aryl methyl sites for hydroxylation is 1. The van der Waals surface area contributed by atoms with Crippen molar-refractivity contribution in [1.29, 1.82) is 0 Å². The molecule has 0 saturated carbocycles. The zero-order chi connectivity index (χ0) is 11.6. The van der Waals surface area contributed by atoms with Crippen LogP contribution in [0.4, 0.5) is 0 Å². The zero-order valence-corrected chi connectivity index (χ0v) is 11.0. The summed E-state index contributed by atoms with van der Waals surface area (Å²) >= 11 is 0. The van der Waals surface area contributed by atoms with Gasteiger partial charge in [-0.25, -0.2) is 0 Å². The Morgan fingerprint density at radius 3 is 2.13 bits per heavy atom. The van der Waals surface area contributed by atoms with Crippen molar-refractivity contribution in [2.24, 2.45) is 0 Å². The van der Waals surface area contributed by atoms with Crippen LogP contribution in [-0.4, -0.2) is 0 Å². The van der Waals surface area contributed by atoms with Crippen molar-refractivity contribution in [3.8, 4) is 0 Å². The SMILES string of the molecule is CCc1ccc(C(C)C)c(C(C)(C)C)c1. The van der Waals surface area contributed by atoms with Crippen molar-refractivity contribution in [1.82, 2.24) is 0 Å². The third-order valence-electron chi connectivity index (χ3n) is 2.96. The van der Waals surface area contributed by atoms with E-state index in [1.807, 2.05) is 0 Å². The number of hydrogen-bond donors (Lipinski definition) is 0. The van der Waals surface area contributed by atoms with Gasteiger partial charge in [-0.2, -0.15) is 0 Å². The van der Waals surface area contributed by atoms with E-state index in [4.69, 9.17) is 0 Å². The normalized spacial score (nSPS) is 12.2. The predicted molar refractivity (Wildman–Crippen MR) is 68.6 cm³/mol. The Bertz CT molecular complexity index is 326. The van der Waals surface area contributed by atoms with Crippen molar-refractivity contribution in [3.63, 3.8) is 0 Å². The second kappa shape index (κ2) is 4.38. The lowest BCUT2D eigenvalue weighted by Crippen LogP contribution is -2.15. The fraction of sp³-hybridized carbons (Fsp3) is 0.600. The molecule has 1 rings (SSSR count). The maximum absolute atomic E-state index is 2.38. The van der Waals surface area contributed by atoms with Gasteiger partial charge in [-0.3, -0.25) is 0 Å². The average molecular weight is 204 g/mol. The number of benzene rings is 1. The van der Waals surface area contributed by atoms with Gasteiger partial charge in [0.2, 0.25) is 0 Å². The summed E-state index contributed by atoms with van der Waals surface area (Å²) in [5.74, 6) is 0.616. The maximum atomic E-state index is 2.38. The summed E-state index contributed by atoms with van der Waals surface area (Å²) in [5.41, 5.74) is 4.71. The van der Waals surface area contributed by atoms with Gasteiger partial charge in [0.05, 0.1) is 0 Å². The van der Waals surface area contributed by atoms with Gasteiger partial charge in [0.25, 0.3) is 0 Å². The van der Waals surface area contributed by atoms with Crippen molar-refractivity contribution in [2.75, 3.05) is 0 Å². The number of hydrogen-bond acceptors (Lipinski definition) is 0. The first-order chi connectivity index (χ1) is 6.86. The second-order valence-corrected chi connectivity index (χ2v) is 5.68. The smallest absolute Gasteiger partial charge is 0.0129 e. The van der Waals surface area contributed by atoms with E-state index in [0.29, 0.717) is 5.92 Å². The highest BCUT2D eigenvalue weighted by Gasteiger charge is 2.19. The second-order valence-electron chi connectivity index (χ2n) is 5.68. The molecular weight excluding hydrogens is 180 g/mol. The Kier molecular flexibility index (Phi) is 3.59. The topological polar surface area (TPSA) is 0 Å². The lowest BCUT2D eigenvalue weighted by Gasteiger charge is -2.25. The summed E-state index contributed by atoms with van der Waals surface area (Å²) in [6, 6.07) is 6.96. The minimum atomic E-state index is 0.255. The quantitative estimate of drug-likeness (QED) is 0.656. The third-order valence-corrected chi connectivity index (χ3v) is 2.96. The van der Waals surface area contributed by atoms with Crippen LogP contribution in [0, 0.1) is 0 Å². The van der Waals surface area contributed by atoms with Crippen LogP contribution >= 0.6 is 0 Å². The molecule has 0 bridgehead atoms. The molecule has 0 atom stereocenters. The highest BCUT2D eigenvalue weighted by molar-refractivity contribution is 5.38. The van der Waals surface area contributed by atoms with E-state index in [0.717, 1.165) is 6.42 Å². The van der Waals surface area contributed by atoms with Crippen LogP contribution in [0.5, 0.6) is 0 Å². The molecule has 0 aromatic heterocycles. The predicted octanol–water partition coefficient (Wildman–Crippen LogP) is 4.67. The average Bonchev–Trinajstić information content (AvgIpc) is 2.15. The van der Waals surface area contributed by atoms with E-state index in [2.05, 4.69) is 59.7 Å². The van der Waals surface area contributed by atoms with Crippen LogP contribution in [0.25, 0.3) is 0 Å². The van der Waals surface area contributed by atoms with Gasteiger partial charge in [-0.15, -0.1) is 0 Å². The Labute approximate surface area is 94.7 Å². The lowest BCUT2D eigenvalue weighted by molar-refractivity contribution is 0.576. The monoisotopic (exact) mass is 204 g/mol. The van der Waals surface area contributed by atoms with E-state index >= 15 is 0 Å². The molecule has 0 fully saturated rings. The maximum Gasteiger partial charge on any atom is -0.0129 e. The molecule has 0 spiro atoms. The molecule has 0 N–H and O–H groups in total. The molecule has 0 heterocycles. The molecule has 0 nitrogen and oxygen atoms in total. The van der Waals surface area contributed by atoms with E-state index in [1.54, 1.807) is 0 Å². The van der Waals surface area contributed by atoms with Crippen LogP contribution in [0.1, 0.15) is 64.2 Å². The van der Waals surface area contributed by atoms with Crippen LogP contribution in [0.15, 0.2) is 18.2 Å². The Morgan fingerprint density at radius 1 is 1.13 bits per heavy atom. The van der Waals surface area contributed by atoms with E-state index in [9.17, 15) is 0 Å². The summed E-state index contributed by atoms with van der Waals surface area (Å²) in [4.78, 5) is 0. The Balaban J connectivity index is 3.29. The van der Waals surface area contributed by atoms with Crippen molar-refractivity contribution >= 4 is 0 Å². The number of rotatable bonds is 2. The van der Waals surface area contributed by atoms with E-state index < -0.39 is 0 Å². The molecule has 1 aromatic rings. The van der Waals surface area contributed by atoms with Crippen molar-refractivity contribution < 1.29 is 0 Å². The molecule has 0 aliphatic heterocycles. The van der Waals surface area contributed by atoms with Crippen LogP contribution in [0.2, 0.25) is 0 Å². The van der Waals surface area contributed by atoms with Gasteiger partial charge in [0, 0.05) is 0 Å². The molecule has 0 aliphatic rings. The summed E-state index contributed by atoms with van der Waals surface area (Å²) < 4.78 is 0. The van der Waals surface area contributed by atoms with Gasteiger partial charge in [-0.05, 0) is 34.4 Å². The van der Waals surface area contributed by atoms with E-state index in [-0.39, 0.29) is 5.41 Å². The largest absolute Gasteiger partial charge is 0.0613 e. The third kappa shape index (κ3) is 2.84. The minimum Gasteiger partial charge on any atom is -0.0613 e. The van der Waals surface area contributed by atoms with Crippen molar-refractivity contribution in [3.05, 3.63) is 34.9 Å².